The van der Waals surface area contributed by atoms with Gasteiger partial charge in [-0.15, -0.1) is 0 Å². The zero-order valence-electron chi connectivity index (χ0n) is 14.2. The van der Waals surface area contributed by atoms with Crippen LogP contribution in [-0.2, 0) is 5.60 Å². The summed E-state index contributed by atoms with van der Waals surface area (Å²) >= 11 is 0. The maximum atomic E-state index is 11.3. The molecule has 2 aromatic carbocycles. The summed E-state index contributed by atoms with van der Waals surface area (Å²) in [6.07, 6.45) is 4.96. The Hall–Kier alpha value is -1.90. The first-order valence-corrected chi connectivity index (χ1v) is 8.44. The van der Waals surface area contributed by atoms with Gasteiger partial charge in [0.2, 0.25) is 0 Å². The van der Waals surface area contributed by atoms with Crippen molar-refractivity contribution >= 4 is 0 Å². The van der Waals surface area contributed by atoms with Gasteiger partial charge in [0.1, 0.15) is 5.60 Å². The predicted molar refractivity (Wildman–Crippen MR) is 97.4 cm³/mol. The average Bonchev–Trinajstić information content (AvgIpc) is 2.63. The van der Waals surface area contributed by atoms with Crippen molar-refractivity contribution in [2.24, 2.45) is 0 Å². The van der Waals surface area contributed by atoms with Crippen molar-refractivity contribution in [1.29, 1.82) is 0 Å². The van der Waals surface area contributed by atoms with Crippen molar-refractivity contribution in [3.8, 4) is 0 Å². The first-order valence-electron chi connectivity index (χ1n) is 8.44. The van der Waals surface area contributed by atoms with Gasteiger partial charge >= 0.3 is 0 Å². The van der Waals surface area contributed by atoms with Crippen molar-refractivity contribution < 1.29 is 5.11 Å². The standard InChI is InChI=1S/C21H27NO/c1-3-22(4-2)18-12-11-17-21(23,19-13-7-5-8-14-19)20-15-9-6-10-16-20/h5-11,13-17,23H,3-4,12,18H2,1-2H3. The Morgan fingerprint density at radius 3 is 1.78 bits per heavy atom. The fraction of sp³-hybridized carbons (Fsp3) is 0.333. The number of hydrogen-bond donors (Lipinski definition) is 1. The third-order valence-electron chi connectivity index (χ3n) is 4.29. The number of hydrogen-bond acceptors (Lipinski definition) is 2. The first kappa shape index (κ1) is 17.5. The Balaban J connectivity index is 2.22. The lowest BCUT2D eigenvalue weighted by Crippen LogP contribution is -2.25. The van der Waals surface area contributed by atoms with E-state index in [1.54, 1.807) is 0 Å². The number of rotatable bonds is 8. The molecule has 2 aromatic rings. The molecule has 0 fully saturated rings. The molecule has 0 radical (unpaired) electrons. The smallest absolute Gasteiger partial charge is 0.133 e. The SMILES string of the molecule is CCN(CC)CCC=CC(O)(c1ccccc1)c1ccccc1. The maximum absolute atomic E-state index is 11.3. The third kappa shape index (κ3) is 4.54. The maximum Gasteiger partial charge on any atom is 0.133 e. The minimum Gasteiger partial charge on any atom is -0.377 e. The Labute approximate surface area is 140 Å². The van der Waals surface area contributed by atoms with Crippen LogP contribution < -0.4 is 0 Å². The molecule has 0 heterocycles. The minimum atomic E-state index is -1.08. The first-order chi connectivity index (χ1) is 11.2. The van der Waals surface area contributed by atoms with Crippen LogP contribution in [0, 0.1) is 0 Å². The van der Waals surface area contributed by atoms with E-state index in [2.05, 4.69) is 24.8 Å². The van der Waals surface area contributed by atoms with Crippen molar-refractivity contribution in [3.05, 3.63) is 83.9 Å². The van der Waals surface area contributed by atoms with Crippen LogP contribution in [0.15, 0.2) is 72.8 Å². The largest absolute Gasteiger partial charge is 0.377 e. The van der Waals surface area contributed by atoms with E-state index in [0.29, 0.717) is 0 Å². The van der Waals surface area contributed by atoms with E-state index in [-0.39, 0.29) is 0 Å². The molecule has 2 nitrogen and oxygen atoms in total. The Morgan fingerprint density at radius 1 is 0.870 bits per heavy atom. The normalized spacial score (nSPS) is 12.2. The highest BCUT2D eigenvalue weighted by atomic mass is 16.3. The molecule has 0 aliphatic carbocycles. The summed E-state index contributed by atoms with van der Waals surface area (Å²) in [6.45, 7) is 7.50. The molecule has 122 valence electrons. The van der Waals surface area contributed by atoms with Gasteiger partial charge in [0.15, 0.2) is 0 Å². The Morgan fingerprint density at radius 2 is 1.35 bits per heavy atom. The van der Waals surface area contributed by atoms with Crippen molar-refractivity contribution in [1.82, 2.24) is 4.90 Å². The van der Waals surface area contributed by atoms with Crippen LogP contribution in [0.2, 0.25) is 0 Å². The molecule has 0 unspecified atom stereocenters. The van der Waals surface area contributed by atoms with Gasteiger partial charge in [0.05, 0.1) is 0 Å². The second kappa shape index (κ2) is 8.66. The van der Waals surface area contributed by atoms with Gasteiger partial charge in [-0.3, -0.25) is 0 Å². The van der Waals surface area contributed by atoms with Crippen LogP contribution in [0.1, 0.15) is 31.4 Å². The summed E-state index contributed by atoms with van der Waals surface area (Å²) in [5, 5.41) is 11.3. The summed E-state index contributed by atoms with van der Waals surface area (Å²) in [6, 6.07) is 19.7. The van der Waals surface area contributed by atoms with E-state index in [4.69, 9.17) is 0 Å². The monoisotopic (exact) mass is 309 g/mol. The molecule has 0 aliphatic rings. The van der Waals surface area contributed by atoms with Crippen molar-refractivity contribution in [2.75, 3.05) is 19.6 Å². The quantitative estimate of drug-likeness (QED) is 0.738. The van der Waals surface area contributed by atoms with Crippen LogP contribution in [0.25, 0.3) is 0 Å². The highest BCUT2D eigenvalue weighted by molar-refractivity contribution is 5.40. The molecule has 0 spiro atoms. The fourth-order valence-electron chi connectivity index (χ4n) is 2.79. The summed E-state index contributed by atoms with van der Waals surface area (Å²) in [5.41, 5.74) is 0.710. The van der Waals surface area contributed by atoms with E-state index in [0.717, 1.165) is 37.2 Å². The van der Waals surface area contributed by atoms with Crippen molar-refractivity contribution in [3.63, 3.8) is 0 Å². The van der Waals surface area contributed by atoms with E-state index in [1.165, 1.54) is 0 Å². The highest BCUT2D eigenvalue weighted by Crippen LogP contribution is 2.31. The predicted octanol–water partition coefficient (Wildman–Crippen LogP) is 4.21. The minimum absolute atomic E-state index is 0.894. The summed E-state index contributed by atoms with van der Waals surface area (Å²) in [7, 11) is 0. The zero-order valence-corrected chi connectivity index (χ0v) is 14.2. The van der Waals surface area contributed by atoms with Gasteiger partial charge in [-0.2, -0.15) is 0 Å². The van der Waals surface area contributed by atoms with Crippen LogP contribution >= 0.6 is 0 Å². The molecule has 0 saturated heterocycles. The zero-order chi connectivity index (χ0) is 16.5. The molecule has 1 N–H and O–H groups in total. The van der Waals surface area contributed by atoms with Gasteiger partial charge in [0, 0.05) is 6.54 Å². The van der Waals surface area contributed by atoms with E-state index in [9.17, 15) is 5.11 Å². The molecule has 0 saturated carbocycles. The topological polar surface area (TPSA) is 23.5 Å². The lowest BCUT2D eigenvalue weighted by atomic mass is 9.86. The van der Waals surface area contributed by atoms with Gasteiger partial charge in [-0.05, 0) is 36.7 Å². The molecular weight excluding hydrogens is 282 g/mol. The lowest BCUT2D eigenvalue weighted by molar-refractivity contribution is 0.134. The second-order valence-electron chi connectivity index (χ2n) is 5.72. The molecule has 0 bridgehead atoms. The Bertz CT molecular complexity index is 548. The molecule has 0 aliphatic heterocycles. The third-order valence-corrected chi connectivity index (χ3v) is 4.29. The summed E-state index contributed by atoms with van der Waals surface area (Å²) in [4.78, 5) is 2.38. The summed E-state index contributed by atoms with van der Waals surface area (Å²) in [5.74, 6) is 0. The van der Waals surface area contributed by atoms with Gasteiger partial charge in [-0.1, -0.05) is 80.6 Å². The average molecular weight is 309 g/mol. The highest BCUT2D eigenvalue weighted by Gasteiger charge is 2.27. The number of aliphatic hydroxyl groups is 1. The molecule has 0 atom stereocenters. The van der Waals surface area contributed by atoms with Gasteiger partial charge in [-0.25, -0.2) is 0 Å². The lowest BCUT2D eigenvalue weighted by Gasteiger charge is -2.26. The summed E-state index contributed by atoms with van der Waals surface area (Å²) < 4.78 is 0. The van der Waals surface area contributed by atoms with Crippen LogP contribution in [-0.4, -0.2) is 29.6 Å². The molecule has 23 heavy (non-hydrogen) atoms. The molecule has 0 amide bonds. The second-order valence-corrected chi connectivity index (χ2v) is 5.72. The van der Waals surface area contributed by atoms with Crippen LogP contribution in [0.3, 0.4) is 0 Å². The van der Waals surface area contributed by atoms with E-state index >= 15 is 0 Å². The van der Waals surface area contributed by atoms with Crippen LogP contribution in [0.5, 0.6) is 0 Å². The molecule has 0 aromatic heterocycles. The van der Waals surface area contributed by atoms with Crippen LogP contribution in [0.4, 0.5) is 0 Å². The number of benzene rings is 2. The molecule has 2 heteroatoms. The van der Waals surface area contributed by atoms with E-state index in [1.807, 2.05) is 66.7 Å². The fourth-order valence-corrected chi connectivity index (χ4v) is 2.79. The Kier molecular flexibility index (Phi) is 6.57. The van der Waals surface area contributed by atoms with Gasteiger partial charge < -0.3 is 10.0 Å². The van der Waals surface area contributed by atoms with Crippen molar-refractivity contribution in [2.45, 2.75) is 25.9 Å². The van der Waals surface area contributed by atoms with Gasteiger partial charge in [0.25, 0.3) is 0 Å². The molecular formula is C21H27NO. The molecule has 2 rings (SSSR count). The van der Waals surface area contributed by atoms with E-state index < -0.39 is 5.60 Å². The number of nitrogens with zero attached hydrogens (tertiary/aromatic N) is 1.